The number of halogens is 3. The molecule has 0 aromatic carbocycles. The SMILES string of the molecule is CNC(=O)[C@@H]1CN([C@@H](C)c2cnc(C(F)(F)F)nc2)C(=O)c2c3c(nn21)C[C@@H](C)NC3. The molecule has 9 nitrogen and oxygen atoms in total. The normalized spacial score (nSPS) is 22.0. The largest absolute Gasteiger partial charge is 0.451 e. The molecule has 2 amide bonds. The lowest BCUT2D eigenvalue weighted by atomic mass is 9.99. The van der Waals surface area contributed by atoms with Crippen LogP contribution in [-0.4, -0.2) is 56.1 Å². The van der Waals surface area contributed by atoms with E-state index in [4.69, 9.17) is 0 Å². The minimum Gasteiger partial charge on any atom is -0.357 e. The van der Waals surface area contributed by atoms with Crippen LogP contribution < -0.4 is 10.6 Å². The van der Waals surface area contributed by atoms with Gasteiger partial charge in [-0.15, -0.1) is 0 Å². The Morgan fingerprint density at radius 2 is 2.00 bits per heavy atom. The van der Waals surface area contributed by atoms with Gasteiger partial charge >= 0.3 is 6.18 Å². The van der Waals surface area contributed by atoms with Crippen LogP contribution in [0, 0.1) is 0 Å². The fourth-order valence-corrected chi connectivity index (χ4v) is 4.01. The molecule has 0 radical (unpaired) electrons. The van der Waals surface area contributed by atoms with E-state index in [1.165, 1.54) is 16.6 Å². The minimum absolute atomic E-state index is 0.0250. The van der Waals surface area contributed by atoms with Crippen molar-refractivity contribution in [1.29, 1.82) is 0 Å². The van der Waals surface area contributed by atoms with Crippen molar-refractivity contribution in [1.82, 2.24) is 35.3 Å². The molecular weight excluding hydrogens is 415 g/mol. The lowest BCUT2D eigenvalue weighted by molar-refractivity contribution is -0.145. The van der Waals surface area contributed by atoms with E-state index >= 15 is 0 Å². The van der Waals surface area contributed by atoms with Crippen molar-refractivity contribution >= 4 is 11.8 Å². The van der Waals surface area contributed by atoms with Crippen LogP contribution in [0.2, 0.25) is 0 Å². The molecule has 3 atom stereocenters. The highest BCUT2D eigenvalue weighted by atomic mass is 19.4. The van der Waals surface area contributed by atoms with E-state index in [-0.39, 0.29) is 24.4 Å². The minimum atomic E-state index is -4.65. The maximum absolute atomic E-state index is 13.4. The number of carbonyl (C=O) groups excluding carboxylic acids is 2. The number of amides is 2. The number of nitrogens with one attached hydrogen (secondary N) is 2. The molecule has 2 aromatic rings. The van der Waals surface area contributed by atoms with Gasteiger partial charge in [0.05, 0.1) is 18.3 Å². The average molecular weight is 437 g/mol. The van der Waals surface area contributed by atoms with E-state index in [0.29, 0.717) is 24.2 Å². The number of alkyl halides is 3. The zero-order valence-electron chi connectivity index (χ0n) is 17.2. The number of nitrogens with zero attached hydrogens (tertiary/aromatic N) is 5. The summed E-state index contributed by atoms with van der Waals surface area (Å²) in [6.45, 7) is 4.16. The smallest absolute Gasteiger partial charge is 0.357 e. The molecule has 12 heteroatoms. The van der Waals surface area contributed by atoms with E-state index in [9.17, 15) is 22.8 Å². The van der Waals surface area contributed by atoms with Gasteiger partial charge in [-0.2, -0.15) is 18.3 Å². The predicted octanol–water partition coefficient (Wildman–Crippen LogP) is 1.23. The molecule has 4 heterocycles. The van der Waals surface area contributed by atoms with Crippen molar-refractivity contribution in [3.05, 3.63) is 40.7 Å². The fourth-order valence-electron chi connectivity index (χ4n) is 4.01. The van der Waals surface area contributed by atoms with Crippen LogP contribution >= 0.6 is 0 Å². The molecule has 2 N–H and O–H groups in total. The molecule has 2 aliphatic rings. The Morgan fingerprint density at radius 3 is 2.61 bits per heavy atom. The number of aromatic nitrogens is 4. The maximum Gasteiger partial charge on any atom is 0.451 e. The van der Waals surface area contributed by atoms with E-state index in [2.05, 4.69) is 25.7 Å². The summed E-state index contributed by atoms with van der Waals surface area (Å²) in [5.74, 6) is -1.89. The zero-order chi connectivity index (χ0) is 22.5. The van der Waals surface area contributed by atoms with Crippen LogP contribution in [0.1, 0.15) is 59.1 Å². The van der Waals surface area contributed by atoms with Gasteiger partial charge in [0.25, 0.3) is 5.91 Å². The molecule has 2 aromatic heterocycles. The van der Waals surface area contributed by atoms with Crippen molar-refractivity contribution in [2.24, 2.45) is 0 Å². The van der Waals surface area contributed by atoms with Gasteiger partial charge in [-0.3, -0.25) is 9.59 Å². The highest BCUT2D eigenvalue weighted by molar-refractivity contribution is 5.97. The number of fused-ring (bicyclic) bond motifs is 3. The van der Waals surface area contributed by atoms with E-state index in [0.717, 1.165) is 23.7 Å². The van der Waals surface area contributed by atoms with Crippen molar-refractivity contribution < 1.29 is 22.8 Å². The summed E-state index contributed by atoms with van der Waals surface area (Å²) in [6, 6.07) is -1.20. The first-order chi connectivity index (χ1) is 14.6. The first-order valence-corrected chi connectivity index (χ1v) is 9.87. The molecule has 0 fully saturated rings. The van der Waals surface area contributed by atoms with Gasteiger partial charge in [0.15, 0.2) is 0 Å². The maximum atomic E-state index is 13.4. The summed E-state index contributed by atoms with van der Waals surface area (Å²) >= 11 is 0. The predicted molar refractivity (Wildman–Crippen MR) is 102 cm³/mol. The van der Waals surface area contributed by atoms with Gasteiger partial charge in [-0.25, -0.2) is 14.6 Å². The molecule has 166 valence electrons. The van der Waals surface area contributed by atoms with E-state index in [1.807, 2.05) is 6.92 Å². The molecule has 31 heavy (non-hydrogen) atoms. The monoisotopic (exact) mass is 437 g/mol. The Bertz CT molecular complexity index is 1020. The van der Waals surface area contributed by atoms with Gasteiger partial charge in [-0.1, -0.05) is 0 Å². The third kappa shape index (κ3) is 3.64. The second-order valence-corrected chi connectivity index (χ2v) is 7.81. The van der Waals surface area contributed by atoms with Crippen LogP contribution in [-0.2, 0) is 23.9 Å². The Morgan fingerprint density at radius 1 is 1.32 bits per heavy atom. The van der Waals surface area contributed by atoms with E-state index < -0.39 is 24.1 Å². The Balaban J connectivity index is 1.72. The van der Waals surface area contributed by atoms with Crippen LogP contribution in [0.5, 0.6) is 0 Å². The highest BCUT2D eigenvalue weighted by Gasteiger charge is 2.42. The van der Waals surface area contributed by atoms with Crippen molar-refractivity contribution in [2.45, 2.75) is 51.1 Å². The van der Waals surface area contributed by atoms with E-state index in [1.54, 1.807) is 6.92 Å². The molecule has 4 rings (SSSR count). The number of carbonyl (C=O) groups is 2. The molecule has 0 saturated carbocycles. The third-order valence-corrected chi connectivity index (χ3v) is 5.77. The van der Waals surface area contributed by atoms with Crippen LogP contribution in [0.25, 0.3) is 0 Å². The molecular formula is C19H22F3N7O2. The second-order valence-electron chi connectivity index (χ2n) is 7.81. The summed E-state index contributed by atoms with van der Waals surface area (Å²) < 4.78 is 39.8. The van der Waals surface area contributed by atoms with Gasteiger partial charge in [0, 0.05) is 49.6 Å². The van der Waals surface area contributed by atoms with Crippen LogP contribution in [0.3, 0.4) is 0 Å². The van der Waals surface area contributed by atoms with Crippen molar-refractivity contribution in [3.63, 3.8) is 0 Å². The van der Waals surface area contributed by atoms with Gasteiger partial charge < -0.3 is 15.5 Å². The average Bonchev–Trinajstić information content (AvgIpc) is 3.11. The first kappa shape index (κ1) is 21.2. The number of rotatable bonds is 3. The standard InChI is InChI=1S/C19H22F3N7O2/c1-9-4-13-12(7-24-9)15-17(31)28(8-14(16(30)23-3)29(15)27-13)10(2)11-5-25-18(26-6-11)19(20,21)22/h5-6,9-10,14,24H,4,7-8H2,1-3H3,(H,23,30)/t9-,10+,14+/m1/s1. The molecule has 0 unspecified atom stereocenters. The topological polar surface area (TPSA) is 105 Å². The summed E-state index contributed by atoms with van der Waals surface area (Å²) in [5, 5.41) is 10.5. The third-order valence-electron chi connectivity index (χ3n) is 5.77. The number of likely N-dealkylation sites (N-methyl/N-ethyl adjacent to an activating group) is 1. The zero-order valence-corrected chi connectivity index (χ0v) is 17.2. The molecule has 2 aliphatic heterocycles. The lowest BCUT2D eigenvalue weighted by Crippen LogP contribution is -2.49. The summed E-state index contributed by atoms with van der Waals surface area (Å²) in [4.78, 5) is 34.3. The van der Waals surface area contributed by atoms with Crippen molar-refractivity contribution in [2.75, 3.05) is 13.6 Å². The molecule has 0 spiro atoms. The summed E-state index contributed by atoms with van der Waals surface area (Å²) in [6.07, 6.45) is -1.89. The molecule has 0 bridgehead atoms. The number of hydrogen-bond acceptors (Lipinski definition) is 6. The summed E-state index contributed by atoms with van der Waals surface area (Å²) in [7, 11) is 1.50. The first-order valence-electron chi connectivity index (χ1n) is 9.87. The molecule has 0 saturated heterocycles. The highest BCUT2D eigenvalue weighted by Crippen LogP contribution is 2.33. The quantitative estimate of drug-likeness (QED) is 0.749. The van der Waals surface area contributed by atoms with Gasteiger partial charge in [0.2, 0.25) is 11.7 Å². The fraction of sp³-hybridized carbons (Fsp3) is 0.526. The van der Waals surface area contributed by atoms with Crippen LogP contribution in [0.15, 0.2) is 12.4 Å². The lowest BCUT2D eigenvalue weighted by Gasteiger charge is -2.37. The summed E-state index contributed by atoms with van der Waals surface area (Å²) in [5.41, 5.74) is 2.19. The second kappa shape index (κ2) is 7.59. The Hall–Kier alpha value is -3.02. The number of hydrogen-bond donors (Lipinski definition) is 2. The van der Waals surface area contributed by atoms with Gasteiger partial charge in [-0.05, 0) is 13.8 Å². The van der Waals surface area contributed by atoms with Crippen molar-refractivity contribution in [3.8, 4) is 0 Å². The Kier molecular flexibility index (Phi) is 5.20. The van der Waals surface area contributed by atoms with Gasteiger partial charge in [0.1, 0.15) is 11.7 Å². The van der Waals surface area contributed by atoms with Crippen LogP contribution in [0.4, 0.5) is 13.2 Å². The molecule has 0 aliphatic carbocycles. The Labute approximate surface area is 176 Å².